The van der Waals surface area contributed by atoms with Crippen LogP contribution in [-0.2, 0) is 11.3 Å². The molecule has 0 aliphatic rings. The van der Waals surface area contributed by atoms with Gasteiger partial charge in [0.1, 0.15) is 5.60 Å². The first-order valence-corrected chi connectivity index (χ1v) is 9.26. The van der Waals surface area contributed by atoms with E-state index < -0.39 is 18.3 Å². The van der Waals surface area contributed by atoms with E-state index in [0.29, 0.717) is 32.2 Å². The number of carbonyl (C=O) groups excluding carboxylic acids is 1. The van der Waals surface area contributed by atoms with Crippen LogP contribution in [0.15, 0.2) is 23.2 Å². The third kappa shape index (κ3) is 10.4. The molecular formula is C19H30F2N4O4. The molecule has 0 aliphatic carbocycles. The van der Waals surface area contributed by atoms with Gasteiger partial charge >= 0.3 is 12.7 Å². The van der Waals surface area contributed by atoms with Crippen molar-refractivity contribution in [3.8, 4) is 11.5 Å². The largest absolute Gasteiger partial charge is 0.490 e. The van der Waals surface area contributed by atoms with E-state index in [1.165, 1.54) is 6.07 Å². The molecule has 0 unspecified atom stereocenters. The molecule has 0 aromatic heterocycles. The standard InChI is InChI=1S/C19H30F2N4O4/c1-6-27-15-11-13(7-8-14(15)28-16(20)21)12-25-17(22-5)23-9-10-24-18(26)29-19(2,3)4/h7-8,11,16H,6,9-10,12H2,1-5H3,(H,24,26)(H2,22,23,25). The lowest BCUT2D eigenvalue weighted by Crippen LogP contribution is -2.42. The Bertz CT molecular complexity index is 679. The predicted molar refractivity (Wildman–Crippen MR) is 107 cm³/mol. The molecule has 0 heterocycles. The molecule has 164 valence electrons. The van der Waals surface area contributed by atoms with Crippen molar-refractivity contribution in [3.63, 3.8) is 0 Å². The van der Waals surface area contributed by atoms with Crippen molar-refractivity contribution in [1.29, 1.82) is 0 Å². The summed E-state index contributed by atoms with van der Waals surface area (Å²) in [6, 6.07) is 4.73. The number of guanidine groups is 1. The highest BCUT2D eigenvalue weighted by Gasteiger charge is 2.15. The number of benzene rings is 1. The van der Waals surface area contributed by atoms with Gasteiger partial charge in [-0.15, -0.1) is 0 Å². The highest BCUT2D eigenvalue weighted by Crippen LogP contribution is 2.29. The number of halogens is 2. The van der Waals surface area contributed by atoms with Gasteiger partial charge in [0.2, 0.25) is 0 Å². The molecule has 1 aromatic carbocycles. The van der Waals surface area contributed by atoms with Crippen LogP contribution in [-0.4, -0.2) is 51.0 Å². The van der Waals surface area contributed by atoms with Crippen LogP contribution in [0, 0.1) is 0 Å². The van der Waals surface area contributed by atoms with E-state index in [1.54, 1.807) is 46.9 Å². The van der Waals surface area contributed by atoms with Crippen LogP contribution in [0.1, 0.15) is 33.3 Å². The predicted octanol–water partition coefficient (Wildman–Crippen LogP) is 2.88. The Kier molecular flexibility index (Phi) is 9.98. The highest BCUT2D eigenvalue weighted by atomic mass is 19.3. The van der Waals surface area contributed by atoms with Gasteiger partial charge in [0, 0.05) is 26.7 Å². The van der Waals surface area contributed by atoms with Crippen molar-refractivity contribution < 1.29 is 27.8 Å². The van der Waals surface area contributed by atoms with Crippen LogP contribution in [0.2, 0.25) is 0 Å². The molecule has 0 atom stereocenters. The van der Waals surface area contributed by atoms with E-state index in [0.717, 1.165) is 5.56 Å². The van der Waals surface area contributed by atoms with Crippen LogP contribution >= 0.6 is 0 Å². The quantitative estimate of drug-likeness (QED) is 0.326. The summed E-state index contributed by atoms with van der Waals surface area (Å²) in [7, 11) is 1.61. The number of hydrogen-bond donors (Lipinski definition) is 3. The molecule has 0 aliphatic heterocycles. The molecule has 0 bridgehead atoms. The molecule has 29 heavy (non-hydrogen) atoms. The first kappa shape index (κ1) is 24.3. The molecule has 0 saturated carbocycles. The number of alkyl halides is 2. The fraction of sp³-hybridized carbons (Fsp3) is 0.579. The third-order valence-electron chi connectivity index (χ3n) is 3.29. The zero-order chi connectivity index (χ0) is 21.9. The van der Waals surface area contributed by atoms with Crippen LogP contribution < -0.4 is 25.4 Å². The second-order valence-electron chi connectivity index (χ2n) is 6.87. The topological polar surface area (TPSA) is 93.2 Å². The Hall–Kier alpha value is -2.78. The van der Waals surface area contributed by atoms with E-state index in [4.69, 9.17) is 9.47 Å². The summed E-state index contributed by atoms with van der Waals surface area (Å²) in [5.41, 5.74) is 0.246. The van der Waals surface area contributed by atoms with Crippen molar-refractivity contribution in [1.82, 2.24) is 16.0 Å². The molecule has 1 amide bonds. The smallest absolute Gasteiger partial charge is 0.407 e. The zero-order valence-corrected chi connectivity index (χ0v) is 17.5. The molecule has 3 N–H and O–H groups in total. The lowest BCUT2D eigenvalue weighted by Gasteiger charge is -2.20. The number of rotatable bonds is 9. The molecule has 10 heteroatoms. The van der Waals surface area contributed by atoms with E-state index >= 15 is 0 Å². The van der Waals surface area contributed by atoms with Gasteiger partial charge in [0.15, 0.2) is 17.5 Å². The summed E-state index contributed by atoms with van der Waals surface area (Å²) in [6.45, 7) is 5.70. The minimum Gasteiger partial charge on any atom is -0.490 e. The summed E-state index contributed by atoms with van der Waals surface area (Å²) in [5.74, 6) is 0.750. The summed E-state index contributed by atoms with van der Waals surface area (Å²) in [5, 5.41) is 8.78. The summed E-state index contributed by atoms with van der Waals surface area (Å²) >= 11 is 0. The third-order valence-corrected chi connectivity index (χ3v) is 3.29. The number of ether oxygens (including phenoxy) is 3. The molecule has 1 rings (SSSR count). The normalized spacial score (nSPS) is 11.8. The van der Waals surface area contributed by atoms with Crippen LogP contribution in [0.4, 0.5) is 13.6 Å². The van der Waals surface area contributed by atoms with Gasteiger partial charge in [-0.05, 0) is 45.4 Å². The monoisotopic (exact) mass is 416 g/mol. The van der Waals surface area contributed by atoms with E-state index in [1.807, 2.05) is 0 Å². The van der Waals surface area contributed by atoms with Crippen molar-refractivity contribution in [3.05, 3.63) is 23.8 Å². The Labute approximate surface area is 170 Å². The zero-order valence-electron chi connectivity index (χ0n) is 17.5. The molecule has 0 radical (unpaired) electrons. The number of nitrogens with zero attached hydrogens (tertiary/aromatic N) is 1. The fourth-order valence-corrected chi connectivity index (χ4v) is 2.19. The Morgan fingerprint density at radius 3 is 2.41 bits per heavy atom. The van der Waals surface area contributed by atoms with Crippen molar-refractivity contribution in [2.45, 2.75) is 46.5 Å². The number of alkyl carbamates (subject to hydrolysis) is 1. The number of hydrogen-bond acceptors (Lipinski definition) is 5. The van der Waals surface area contributed by atoms with Gasteiger partial charge in [-0.2, -0.15) is 8.78 Å². The van der Waals surface area contributed by atoms with Gasteiger partial charge in [-0.1, -0.05) is 6.07 Å². The maximum absolute atomic E-state index is 12.5. The first-order valence-electron chi connectivity index (χ1n) is 9.26. The van der Waals surface area contributed by atoms with Crippen molar-refractivity contribution in [2.24, 2.45) is 4.99 Å². The number of amides is 1. The molecule has 0 spiro atoms. The Morgan fingerprint density at radius 2 is 1.83 bits per heavy atom. The minimum absolute atomic E-state index is 0.0127. The van der Waals surface area contributed by atoms with Gasteiger partial charge < -0.3 is 30.2 Å². The van der Waals surface area contributed by atoms with Gasteiger partial charge in [-0.25, -0.2) is 4.79 Å². The van der Waals surface area contributed by atoms with E-state index in [-0.39, 0.29) is 11.5 Å². The first-order chi connectivity index (χ1) is 13.6. The number of carbonyl (C=O) groups is 1. The molecule has 0 saturated heterocycles. The number of aliphatic imine (C=N–C) groups is 1. The number of nitrogens with one attached hydrogen (secondary N) is 3. The van der Waals surface area contributed by atoms with Crippen molar-refractivity contribution in [2.75, 3.05) is 26.7 Å². The van der Waals surface area contributed by atoms with Gasteiger partial charge in [-0.3, -0.25) is 4.99 Å². The maximum atomic E-state index is 12.5. The maximum Gasteiger partial charge on any atom is 0.407 e. The lowest BCUT2D eigenvalue weighted by molar-refractivity contribution is -0.0514. The Balaban J connectivity index is 2.49. The molecule has 0 fully saturated rings. The van der Waals surface area contributed by atoms with E-state index in [9.17, 15) is 13.6 Å². The molecular weight excluding hydrogens is 386 g/mol. The summed E-state index contributed by atoms with van der Waals surface area (Å²) < 4.78 is 39.9. The SMILES string of the molecule is CCOc1cc(CNC(=NC)NCCNC(=O)OC(C)(C)C)ccc1OC(F)F. The lowest BCUT2D eigenvalue weighted by atomic mass is 10.2. The summed E-state index contributed by atoms with van der Waals surface area (Å²) in [4.78, 5) is 15.7. The Morgan fingerprint density at radius 1 is 1.14 bits per heavy atom. The second-order valence-corrected chi connectivity index (χ2v) is 6.87. The van der Waals surface area contributed by atoms with Gasteiger partial charge in [0.25, 0.3) is 0 Å². The summed E-state index contributed by atoms with van der Waals surface area (Å²) in [6.07, 6.45) is -0.489. The second kappa shape index (κ2) is 11.9. The fourth-order valence-electron chi connectivity index (χ4n) is 2.19. The minimum atomic E-state index is -2.92. The van der Waals surface area contributed by atoms with Crippen LogP contribution in [0.5, 0.6) is 11.5 Å². The average molecular weight is 416 g/mol. The highest BCUT2D eigenvalue weighted by molar-refractivity contribution is 5.79. The molecule has 1 aromatic rings. The van der Waals surface area contributed by atoms with Crippen molar-refractivity contribution >= 4 is 12.1 Å². The average Bonchev–Trinajstić information content (AvgIpc) is 2.61. The van der Waals surface area contributed by atoms with Crippen LogP contribution in [0.25, 0.3) is 0 Å². The molecule has 8 nitrogen and oxygen atoms in total. The van der Waals surface area contributed by atoms with Crippen LogP contribution in [0.3, 0.4) is 0 Å². The van der Waals surface area contributed by atoms with E-state index in [2.05, 4.69) is 25.7 Å². The van der Waals surface area contributed by atoms with Gasteiger partial charge in [0.05, 0.1) is 6.61 Å².